The average Bonchev–Trinajstić information content (AvgIpc) is 2.89. The maximum atomic E-state index is 12.5. The highest BCUT2D eigenvalue weighted by Gasteiger charge is 2.49. The van der Waals surface area contributed by atoms with Gasteiger partial charge in [-0.05, 0) is 50.4 Å². The molecule has 0 atom stereocenters. The molecule has 25 heavy (non-hydrogen) atoms. The number of rotatable bonds is 3. The fraction of sp³-hybridized carbons (Fsp3) is 0.444. The van der Waals surface area contributed by atoms with Gasteiger partial charge in [-0.2, -0.15) is 4.98 Å². The van der Waals surface area contributed by atoms with Crippen LogP contribution in [0.25, 0.3) is 0 Å². The van der Waals surface area contributed by atoms with Gasteiger partial charge in [0.15, 0.2) is 5.82 Å². The molecule has 0 saturated heterocycles. The number of halogens is 1. The summed E-state index contributed by atoms with van der Waals surface area (Å²) in [7, 11) is 0. The summed E-state index contributed by atoms with van der Waals surface area (Å²) in [5.74, 6) is 0.0466. The number of fused-ring (bicyclic) bond motifs is 2. The second kappa shape index (κ2) is 5.95. The van der Waals surface area contributed by atoms with Crippen LogP contribution in [0.15, 0.2) is 24.5 Å². The molecule has 6 nitrogen and oxygen atoms in total. The monoisotopic (exact) mass is 358 g/mol. The van der Waals surface area contributed by atoms with Crippen LogP contribution in [-0.2, 0) is 10.2 Å². The molecule has 0 N–H and O–H groups in total. The third kappa shape index (κ3) is 2.65. The second-order valence-electron chi connectivity index (χ2n) is 6.92. The summed E-state index contributed by atoms with van der Waals surface area (Å²) in [5.41, 5.74) is 2.44. The molecule has 0 unspecified atom stereocenters. The number of nitrogens with zero attached hydrogens (tertiary/aromatic N) is 4. The van der Waals surface area contributed by atoms with Crippen LogP contribution in [-0.4, -0.2) is 33.6 Å². The summed E-state index contributed by atoms with van der Waals surface area (Å²) >= 11 is 6.04. The number of aromatic nitrogens is 3. The van der Waals surface area contributed by atoms with Crippen molar-refractivity contribution in [1.82, 2.24) is 15.0 Å². The van der Waals surface area contributed by atoms with E-state index in [2.05, 4.69) is 15.0 Å². The van der Waals surface area contributed by atoms with Crippen LogP contribution >= 0.6 is 11.6 Å². The van der Waals surface area contributed by atoms with Gasteiger partial charge in [0.2, 0.25) is 5.28 Å². The van der Waals surface area contributed by atoms with E-state index in [4.69, 9.17) is 16.3 Å². The molecule has 7 heteroatoms. The molecule has 4 rings (SSSR count). The van der Waals surface area contributed by atoms with Gasteiger partial charge in [-0.15, -0.1) is 0 Å². The molecule has 2 aliphatic rings. The molecule has 1 aliphatic heterocycles. The van der Waals surface area contributed by atoms with Gasteiger partial charge in [-0.3, -0.25) is 4.98 Å². The number of esters is 1. The van der Waals surface area contributed by atoms with Gasteiger partial charge in [0.05, 0.1) is 17.5 Å². The minimum absolute atomic E-state index is 0.0489. The van der Waals surface area contributed by atoms with Crippen molar-refractivity contribution in [3.8, 4) is 0 Å². The second-order valence-corrected chi connectivity index (χ2v) is 7.26. The molecule has 2 aromatic rings. The highest BCUT2D eigenvalue weighted by atomic mass is 35.5. The maximum Gasteiger partial charge on any atom is 0.343 e. The zero-order valence-corrected chi connectivity index (χ0v) is 15.0. The van der Waals surface area contributed by atoms with Gasteiger partial charge in [0.25, 0.3) is 0 Å². The van der Waals surface area contributed by atoms with Gasteiger partial charge >= 0.3 is 5.97 Å². The van der Waals surface area contributed by atoms with Crippen LogP contribution in [0.5, 0.6) is 0 Å². The lowest BCUT2D eigenvalue weighted by Gasteiger charge is -2.38. The predicted molar refractivity (Wildman–Crippen MR) is 94.4 cm³/mol. The molecule has 0 amide bonds. The number of carbonyl (C=O) groups excluding carboxylic acids is 1. The molecule has 2 aromatic heterocycles. The topological polar surface area (TPSA) is 68.2 Å². The van der Waals surface area contributed by atoms with E-state index >= 15 is 0 Å². The first-order valence-electron chi connectivity index (χ1n) is 8.47. The van der Waals surface area contributed by atoms with Crippen LogP contribution in [0.1, 0.15) is 49.2 Å². The molecule has 0 bridgehead atoms. The first kappa shape index (κ1) is 16.3. The molecule has 130 valence electrons. The lowest BCUT2D eigenvalue weighted by molar-refractivity contribution is 0.0378. The number of hydrogen-bond donors (Lipinski definition) is 0. The molecular formula is C18H19ClN4O2. The third-order valence-corrected chi connectivity index (χ3v) is 5.09. The van der Waals surface area contributed by atoms with Gasteiger partial charge in [-0.25, -0.2) is 9.78 Å². The van der Waals surface area contributed by atoms with Crippen molar-refractivity contribution in [2.45, 2.75) is 44.6 Å². The van der Waals surface area contributed by atoms with Crippen molar-refractivity contribution in [2.24, 2.45) is 0 Å². The fourth-order valence-electron chi connectivity index (χ4n) is 3.65. The molecule has 1 saturated carbocycles. The van der Waals surface area contributed by atoms with Crippen molar-refractivity contribution in [3.05, 3.63) is 41.1 Å². The van der Waals surface area contributed by atoms with Crippen LogP contribution in [0.4, 0.5) is 11.5 Å². The largest absolute Gasteiger partial charge is 0.459 e. The molecule has 1 aliphatic carbocycles. The average molecular weight is 359 g/mol. The Morgan fingerprint density at radius 2 is 2.16 bits per heavy atom. The van der Waals surface area contributed by atoms with E-state index in [1.807, 2.05) is 37.1 Å². The highest BCUT2D eigenvalue weighted by Crippen LogP contribution is 2.53. The fourth-order valence-corrected chi connectivity index (χ4v) is 3.78. The number of hydrogen-bond acceptors (Lipinski definition) is 6. The van der Waals surface area contributed by atoms with Crippen LogP contribution < -0.4 is 4.90 Å². The van der Waals surface area contributed by atoms with E-state index < -0.39 is 5.97 Å². The lowest BCUT2D eigenvalue weighted by Crippen LogP contribution is -2.39. The Kier molecular flexibility index (Phi) is 3.87. The smallest absolute Gasteiger partial charge is 0.343 e. The molecule has 1 fully saturated rings. The first-order chi connectivity index (χ1) is 12.0. The van der Waals surface area contributed by atoms with Crippen molar-refractivity contribution in [2.75, 3.05) is 11.4 Å². The zero-order valence-electron chi connectivity index (χ0n) is 14.2. The van der Waals surface area contributed by atoms with Gasteiger partial charge < -0.3 is 9.64 Å². The Hall–Kier alpha value is -2.21. The summed E-state index contributed by atoms with van der Waals surface area (Å²) in [6.45, 7) is 4.37. The summed E-state index contributed by atoms with van der Waals surface area (Å²) < 4.78 is 5.35. The molecular weight excluding hydrogens is 340 g/mol. The van der Waals surface area contributed by atoms with Crippen molar-refractivity contribution < 1.29 is 9.53 Å². The summed E-state index contributed by atoms with van der Waals surface area (Å²) in [6.07, 6.45) is 6.43. The summed E-state index contributed by atoms with van der Waals surface area (Å²) in [6, 6.07) is 3.92. The standard InChI is InChI=1S/C18H19ClN4O2/c1-11(2)25-16(24)12-9-21-17(19)22-15(12)23-10-18(6-4-7-18)14-13(23)5-3-8-20-14/h3,5,8-9,11H,4,6-7,10H2,1-2H3. The van der Waals surface area contributed by atoms with Crippen molar-refractivity contribution in [1.29, 1.82) is 0 Å². The van der Waals surface area contributed by atoms with E-state index in [9.17, 15) is 4.79 Å². The summed E-state index contributed by atoms with van der Waals surface area (Å²) in [5, 5.41) is 0.107. The zero-order chi connectivity index (χ0) is 17.6. The highest BCUT2D eigenvalue weighted by molar-refractivity contribution is 6.28. The van der Waals surface area contributed by atoms with E-state index in [-0.39, 0.29) is 16.8 Å². The Morgan fingerprint density at radius 3 is 2.84 bits per heavy atom. The quantitative estimate of drug-likeness (QED) is 0.616. The normalized spacial score (nSPS) is 17.5. The first-order valence-corrected chi connectivity index (χ1v) is 8.84. The Bertz CT molecular complexity index is 836. The molecule has 0 radical (unpaired) electrons. The van der Waals surface area contributed by atoms with E-state index in [1.54, 1.807) is 0 Å². The number of carbonyl (C=O) groups is 1. The van der Waals surface area contributed by atoms with E-state index in [0.717, 1.165) is 30.8 Å². The van der Waals surface area contributed by atoms with Gasteiger partial charge in [0, 0.05) is 24.4 Å². The minimum Gasteiger partial charge on any atom is -0.459 e. The minimum atomic E-state index is -0.443. The number of ether oxygens (including phenoxy) is 1. The maximum absolute atomic E-state index is 12.5. The van der Waals surface area contributed by atoms with Crippen molar-refractivity contribution >= 4 is 29.1 Å². The Balaban J connectivity index is 1.80. The molecule has 0 aromatic carbocycles. The van der Waals surface area contributed by atoms with E-state index in [0.29, 0.717) is 11.4 Å². The predicted octanol–water partition coefficient (Wildman–Crippen LogP) is 3.66. The van der Waals surface area contributed by atoms with Crippen LogP contribution in [0.3, 0.4) is 0 Å². The third-order valence-electron chi connectivity index (χ3n) is 4.91. The number of pyridine rings is 1. The molecule has 3 heterocycles. The van der Waals surface area contributed by atoms with Crippen LogP contribution in [0, 0.1) is 0 Å². The lowest BCUT2D eigenvalue weighted by atomic mass is 9.67. The van der Waals surface area contributed by atoms with Gasteiger partial charge in [0.1, 0.15) is 5.56 Å². The van der Waals surface area contributed by atoms with Gasteiger partial charge in [-0.1, -0.05) is 6.42 Å². The SMILES string of the molecule is CC(C)OC(=O)c1cnc(Cl)nc1N1CC2(CCC2)c2ncccc21. The summed E-state index contributed by atoms with van der Waals surface area (Å²) in [4.78, 5) is 27.5. The van der Waals surface area contributed by atoms with Crippen molar-refractivity contribution in [3.63, 3.8) is 0 Å². The van der Waals surface area contributed by atoms with E-state index in [1.165, 1.54) is 12.6 Å². The number of anilines is 2. The Morgan fingerprint density at radius 1 is 1.36 bits per heavy atom. The van der Waals surface area contributed by atoms with Crippen LogP contribution in [0.2, 0.25) is 5.28 Å². The Labute approximate surface area is 151 Å². The molecule has 1 spiro atoms.